The number of hydrogen-bond donors (Lipinski definition) is 1. The Morgan fingerprint density at radius 2 is 1.80 bits per heavy atom. The van der Waals surface area contributed by atoms with Gasteiger partial charge in [-0.2, -0.15) is 5.26 Å². The second-order valence-corrected chi connectivity index (χ2v) is 6.53. The molecule has 0 heterocycles. The quantitative estimate of drug-likeness (QED) is 0.831. The monoisotopic (exact) mass is 336 g/mol. The summed E-state index contributed by atoms with van der Waals surface area (Å²) in [5, 5.41) is 11.9. The highest BCUT2D eigenvalue weighted by Crippen LogP contribution is 2.17. The molecule has 0 spiro atoms. The van der Waals surface area contributed by atoms with Crippen LogP contribution < -0.4 is 10.1 Å². The highest BCUT2D eigenvalue weighted by Gasteiger charge is 2.11. The standard InChI is InChI=1S/C21H24N2O2/c1-15(2)12-17-8-10-18(11-9-17)16(3)23-21(24)14-25-20-7-5-4-6-19(20)13-22/h4-11,15-16H,12,14H2,1-3H3,(H,23,24)/t16-/m0/s1. The minimum atomic E-state index is -0.216. The lowest BCUT2D eigenvalue weighted by Gasteiger charge is -2.16. The molecule has 2 aromatic carbocycles. The van der Waals surface area contributed by atoms with Gasteiger partial charge in [0.1, 0.15) is 11.8 Å². The molecule has 25 heavy (non-hydrogen) atoms. The summed E-state index contributed by atoms with van der Waals surface area (Å²) in [5.41, 5.74) is 2.77. The molecule has 0 aliphatic carbocycles. The van der Waals surface area contributed by atoms with Crippen LogP contribution in [0.4, 0.5) is 0 Å². The van der Waals surface area contributed by atoms with E-state index in [2.05, 4.69) is 43.4 Å². The van der Waals surface area contributed by atoms with Crippen LogP contribution in [-0.4, -0.2) is 12.5 Å². The summed E-state index contributed by atoms with van der Waals surface area (Å²) < 4.78 is 5.45. The van der Waals surface area contributed by atoms with Gasteiger partial charge in [0.2, 0.25) is 0 Å². The molecule has 0 radical (unpaired) electrons. The molecule has 4 heteroatoms. The largest absolute Gasteiger partial charge is 0.482 e. The molecule has 2 aromatic rings. The number of para-hydroxylation sites is 1. The van der Waals surface area contributed by atoms with E-state index >= 15 is 0 Å². The molecule has 4 nitrogen and oxygen atoms in total. The van der Waals surface area contributed by atoms with E-state index in [9.17, 15) is 4.79 Å². The van der Waals surface area contributed by atoms with Crippen molar-refractivity contribution in [3.8, 4) is 11.8 Å². The molecule has 1 N–H and O–H groups in total. The molecule has 1 atom stereocenters. The van der Waals surface area contributed by atoms with Gasteiger partial charge in [0.15, 0.2) is 6.61 Å². The first-order valence-corrected chi connectivity index (χ1v) is 8.49. The summed E-state index contributed by atoms with van der Waals surface area (Å²) in [4.78, 5) is 12.1. The average Bonchev–Trinajstić information content (AvgIpc) is 2.60. The lowest BCUT2D eigenvalue weighted by atomic mass is 10.00. The predicted molar refractivity (Wildman–Crippen MR) is 98.2 cm³/mol. The zero-order chi connectivity index (χ0) is 18.2. The van der Waals surface area contributed by atoms with Crippen molar-refractivity contribution in [1.82, 2.24) is 5.32 Å². The minimum absolute atomic E-state index is 0.101. The normalized spacial score (nSPS) is 11.6. The van der Waals surface area contributed by atoms with Crippen LogP contribution in [-0.2, 0) is 11.2 Å². The lowest BCUT2D eigenvalue weighted by molar-refractivity contribution is -0.123. The van der Waals surface area contributed by atoms with Crippen LogP contribution in [0.1, 0.15) is 43.5 Å². The summed E-state index contributed by atoms with van der Waals surface area (Å²) in [7, 11) is 0. The van der Waals surface area contributed by atoms with E-state index in [1.54, 1.807) is 24.3 Å². The number of nitrogens with one attached hydrogen (secondary N) is 1. The molecule has 0 aliphatic heterocycles. The first-order valence-electron chi connectivity index (χ1n) is 8.49. The Balaban J connectivity index is 1.88. The zero-order valence-corrected chi connectivity index (χ0v) is 15.0. The molecular formula is C21H24N2O2. The summed E-state index contributed by atoms with van der Waals surface area (Å²) in [5.74, 6) is 0.828. The summed E-state index contributed by atoms with van der Waals surface area (Å²) in [6.07, 6.45) is 1.05. The second-order valence-electron chi connectivity index (χ2n) is 6.53. The van der Waals surface area contributed by atoms with Gasteiger partial charge in [0.05, 0.1) is 11.6 Å². The van der Waals surface area contributed by atoms with Gasteiger partial charge >= 0.3 is 0 Å². The smallest absolute Gasteiger partial charge is 0.258 e. The van der Waals surface area contributed by atoms with Crippen LogP contribution >= 0.6 is 0 Å². The van der Waals surface area contributed by atoms with E-state index in [0.717, 1.165) is 12.0 Å². The Kier molecular flexibility index (Phi) is 6.59. The molecule has 0 saturated carbocycles. The summed E-state index contributed by atoms with van der Waals surface area (Å²) in [6, 6.07) is 17.1. The van der Waals surface area contributed by atoms with Gasteiger partial charge in [-0.05, 0) is 42.5 Å². The number of hydrogen-bond acceptors (Lipinski definition) is 3. The number of carbonyl (C=O) groups excluding carboxylic acids is 1. The molecule has 0 aliphatic rings. The average molecular weight is 336 g/mol. The Morgan fingerprint density at radius 3 is 2.44 bits per heavy atom. The maximum atomic E-state index is 12.1. The van der Waals surface area contributed by atoms with Crippen molar-refractivity contribution in [3.05, 3.63) is 65.2 Å². The molecule has 0 aromatic heterocycles. The van der Waals surface area contributed by atoms with E-state index in [1.807, 2.05) is 13.0 Å². The first-order chi connectivity index (χ1) is 12.0. The molecule has 2 rings (SSSR count). The van der Waals surface area contributed by atoms with E-state index in [1.165, 1.54) is 5.56 Å². The number of nitriles is 1. The van der Waals surface area contributed by atoms with Crippen LogP contribution in [0.5, 0.6) is 5.75 Å². The highest BCUT2D eigenvalue weighted by atomic mass is 16.5. The maximum absolute atomic E-state index is 12.1. The second kappa shape index (κ2) is 8.89. The molecule has 0 fully saturated rings. The fourth-order valence-corrected chi connectivity index (χ4v) is 2.61. The van der Waals surface area contributed by atoms with Gasteiger partial charge in [-0.1, -0.05) is 50.2 Å². The maximum Gasteiger partial charge on any atom is 0.258 e. The van der Waals surface area contributed by atoms with E-state index in [0.29, 0.717) is 17.2 Å². The van der Waals surface area contributed by atoms with Crippen molar-refractivity contribution >= 4 is 5.91 Å². The van der Waals surface area contributed by atoms with Gasteiger partial charge in [0.25, 0.3) is 5.91 Å². The third-order valence-corrected chi connectivity index (χ3v) is 3.87. The van der Waals surface area contributed by atoms with Crippen molar-refractivity contribution in [2.24, 2.45) is 5.92 Å². The number of benzene rings is 2. The van der Waals surface area contributed by atoms with E-state index in [4.69, 9.17) is 10.00 Å². The number of carbonyl (C=O) groups is 1. The molecule has 1 amide bonds. The molecule has 0 bridgehead atoms. The van der Waals surface area contributed by atoms with E-state index < -0.39 is 0 Å². The summed E-state index contributed by atoms with van der Waals surface area (Å²) >= 11 is 0. The number of nitrogens with zero attached hydrogens (tertiary/aromatic N) is 1. The molecule has 0 saturated heterocycles. The topological polar surface area (TPSA) is 62.1 Å². The Labute approximate surface area is 149 Å². The van der Waals surface area contributed by atoms with Gasteiger partial charge < -0.3 is 10.1 Å². The van der Waals surface area contributed by atoms with Crippen molar-refractivity contribution < 1.29 is 9.53 Å². The van der Waals surface area contributed by atoms with Crippen molar-refractivity contribution in [2.75, 3.05) is 6.61 Å². The number of amides is 1. The zero-order valence-electron chi connectivity index (χ0n) is 15.0. The van der Waals surface area contributed by atoms with E-state index in [-0.39, 0.29) is 18.6 Å². The van der Waals surface area contributed by atoms with Crippen LogP contribution in [0, 0.1) is 17.2 Å². The van der Waals surface area contributed by atoms with Crippen LogP contribution in [0.3, 0.4) is 0 Å². The third kappa shape index (κ3) is 5.65. The highest BCUT2D eigenvalue weighted by molar-refractivity contribution is 5.78. The Hall–Kier alpha value is -2.80. The minimum Gasteiger partial charge on any atom is -0.482 e. The first kappa shape index (κ1) is 18.5. The van der Waals surface area contributed by atoms with Crippen molar-refractivity contribution in [3.63, 3.8) is 0 Å². The number of rotatable bonds is 7. The fraction of sp³-hybridized carbons (Fsp3) is 0.333. The molecule has 0 unspecified atom stereocenters. The SMILES string of the molecule is CC(C)Cc1ccc([C@H](C)NC(=O)COc2ccccc2C#N)cc1. The van der Waals surface area contributed by atoms with Crippen molar-refractivity contribution in [1.29, 1.82) is 5.26 Å². The van der Waals surface area contributed by atoms with Crippen LogP contribution in [0.2, 0.25) is 0 Å². The van der Waals surface area contributed by atoms with Crippen LogP contribution in [0.15, 0.2) is 48.5 Å². The van der Waals surface area contributed by atoms with Gasteiger partial charge in [-0.15, -0.1) is 0 Å². The lowest BCUT2D eigenvalue weighted by Crippen LogP contribution is -2.31. The van der Waals surface area contributed by atoms with Crippen LogP contribution in [0.25, 0.3) is 0 Å². The van der Waals surface area contributed by atoms with Gasteiger partial charge in [-0.3, -0.25) is 4.79 Å². The Morgan fingerprint density at radius 1 is 1.12 bits per heavy atom. The van der Waals surface area contributed by atoms with Gasteiger partial charge in [0, 0.05) is 0 Å². The van der Waals surface area contributed by atoms with Gasteiger partial charge in [-0.25, -0.2) is 0 Å². The predicted octanol–water partition coefficient (Wildman–Crippen LogP) is 4.01. The molecular weight excluding hydrogens is 312 g/mol. The van der Waals surface area contributed by atoms with Crippen molar-refractivity contribution in [2.45, 2.75) is 33.2 Å². The third-order valence-electron chi connectivity index (χ3n) is 3.87. The number of ether oxygens (including phenoxy) is 1. The Bertz CT molecular complexity index is 745. The fourth-order valence-electron chi connectivity index (χ4n) is 2.61. The molecule has 130 valence electrons. The summed E-state index contributed by atoms with van der Waals surface area (Å²) in [6.45, 7) is 6.22.